The first kappa shape index (κ1) is 13.9. The molecule has 4 heteroatoms. The van der Waals surface area contributed by atoms with Crippen LogP contribution in [0.3, 0.4) is 0 Å². The van der Waals surface area contributed by atoms with Gasteiger partial charge in [-0.1, -0.05) is 20.8 Å². The number of carbonyl (C=O) groups excluding carboxylic acids is 2. The van der Waals surface area contributed by atoms with E-state index in [4.69, 9.17) is 9.47 Å². The number of carbonyl (C=O) groups is 2. The summed E-state index contributed by atoms with van der Waals surface area (Å²) < 4.78 is 11.5. The Balaban J connectivity index is 1.86. The second kappa shape index (κ2) is 4.47. The number of fused-ring (bicyclic) bond motifs is 1. The molecule has 2 heterocycles. The highest BCUT2D eigenvalue weighted by Crippen LogP contribution is 2.57. The molecule has 0 aromatic heterocycles. The van der Waals surface area contributed by atoms with E-state index in [0.29, 0.717) is 12.8 Å². The van der Waals surface area contributed by atoms with E-state index < -0.39 is 5.60 Å². The number of hydrogen-bond acceptors (Lipinski definition) is 4. The van der Waals surface area contributed by atoms with Gasteiger partial charge in [-0.15, -0.1) is 0 Å². The minimum Gasteiger partial charge on any atom is -0.462 e. The predicted molar refractivity (Wildman–Crippen MR) is 72.8 cm³/mol. The van der Waals surface area contributed by atoms with Gasteiger partial charge in [0.15, 0.2) is 0 Å². The maximum absolute atomic E-state index is 12.2. The lowest BCUT2D eigenvalue weighted by Gasteiger charge is -2.51. The zero-order valence-electron chi connectivity index (χ0n) is 12.6. The molecule has 20 heavy (non-hydrogen) atoms. The first-order valence-corrected chi connectivity index (χ1v) is 7.78. The molecule has 4 fully saturated rings. The van der Waals surface area contributed by atoms with Gasteiger partial charge in [-0.3, -0.25) is 9.59 Å². The normalized spacial score (nSPS) is 43.9. The van der Waals surface area contributed by atoms with Gasteiger partial charge in [-0.05, 0) is 31.1 Å². The Bertz CT molecular complexity index is 446. The Kier molecular flexibility index (Phi) is 3.11. The van der Waals surface area contributed by atoms with Crippen molar-refractivity contribution in [1.29, 1.82) is 0 Å². The Labute approximate surface area is 120 Å². The van der Waals surface area contributed by atoms with Crippen LogP contribution in [0.25, 0.3) is 0 Å². The molecule has 2 saturated carbocycles. The fourth-order valence-corrected chi connectivity index (χ4v) is 4.50. The van der Waals surface area contributed by atoms with Crippen LogP contribution in [0, 0.1) is 17.3 Å². The van der Waals surface area contributed by atoms with Crippen LogP contribution in [0.2, 0.25) is 0 Å². The van der Waals surface area contributed by atoms with Crippen molar-refractivity contribution in [3.8, 4) is 0 Å². The summed E-state index contributed by atoms with van der Waals surface area (Å²) in [5.74, 6) is -0.370. The van der Waals surface area contributed by atoms with Crippen LogP contribution < -0.4 is 0 Å². The van der Waals surface area contributed by atoms with Crippen LogP contribution in [0.15, 0.2) is 0 Å². The molecular formula is C16H24O4. The van der Waals surface area contributed by atoms with Gasteiger partial charge >= 0.3 is 11.9 Å². The molecule has 112 valence electrons. The number of ether oxygens (including phenoxy) is 2. The standard InChI is InChI=1S/C16H24O4/c1-4-10(2)13(17)20-16-6-11-5-15(3,9-16)7-12(8-16)19-14(11)18/h10-12H,4-9H2,1-3H3. The summed E-state index contributed by atoms with van der Waals surface area (Å²) in [6.45, 7) is 6.10. The number of hydrogen-bond donors (Lipinski definition) is 0. The lowest BCUT2D eigenvalue weighted by molar-refractivity contribution is -0.184. The van der Waals surface area contributed by atoms with Gasteiger partial charge in [0.1, 0.15) is 11.7 Å². The second-order valence-corrected chi connectivity index (χ2v) is 7.47. The van der Waals surface area contributed by atoms with Crippen LogP contribution in [-0.4, -0.2) is 23.6 Å². The van der Waals surface area contributed by atoms with E-state index in [9.17, 15) is 9.59 Å². The molecule has 0 spiro atoms. The molecule has 4 aliphatic rings. The molecule has 4 nitrogen and oxygen atoms in total. The molecule has 2 aliphatic carbocycles. The third-order valence-electron chi connectivity index (χ3n) is 5.37. The van der Waals surface area contributed by atoms with Gasteiger partial charge in [0.25, 0.3) is 0 Å². The van der Waals surface area contributed by atoms with Gasteiger partial charge < -0.3 is 9.47 Å². The van der Waals surface area contributed by atoms with E-state index in [2.05, 4.69) is 6.92 Å². The van der Waals surface area contributed by atoms with Crippen LogP contribution in [-0.2, 0) is 19.1 Å². The third-order valence-corrected chi connectivity index (χ3v) is 5.37. The van der Waals surface area contributed by atoms with Crippen LogP contribution in [0.4, 0.5) is 0 Å². The zero-order chi connectivity index (χ0) is 14.5. The molecule has 0 radical (unpaired) electrons. The molecule has 5 unspecified atom stereocenters. The van der Waals surface area contributed by atoms with Gasteiger partial charge in [-0.2, -0.15) is 0 Å². The Morgan fingerprint density at radius 1 is 1.40 bits per heavy atom. The SMILES string of the molecule is CCC(C)C(=O)OC12CC3CC(C)(CC(C1)C(=O)O3)C2. The quantitative estimate of drug-likeness (QED) is 0.746. The van der Waals surface area contributed by atoms with Crippen LogP contribution in [0.5, 0.6) is 0 Å². The van der Waals surface area contributed by atoms with Crippen molar-refractivity contribution < 1.29 is 19.1 Å². The summed E-state index contributed by atoms with van der Waals surface area (Å²) in [6.07, 6.45) is 4.73. The summed E-state index contributed by atoms with van der Waals surface area (Å²) in [7, 11) is 0. The third kappa shape index (κ3) is 2.23. The smallest absolute Gasteiger partial charge is 0.309 e. The highest BCUT2D eigenvalue weighted by molar-refractivity contribution is 5.75. The average molecular weight is 280 g/mol. The molecule has 0 aromatic carbocycles. The zero-order valence-corrected chi connectivity index (χ0v) is 12.6. The molecule has 0 amide bonds. The summed E-state index contributed by atoms with van der Waals surface area (Å²) in [4.78, 5) is 24.3. The average Bonchev–Trinajstić information content (AvgIpc) is 2.48. The van der Waals surface area contributed by atoms with Crippen molar-refractivity contribution in [3.63, 3.8) is 0 Å². The van der Waals surface area contributed by atoms with Gasteiger partial charge in [0, 0.05) is 12.8 Å². The fraction of sp³-hybridized carbons (Fsp3) is 0.875. The molecule has 0 N–H and O–H groups in total. The van der Waals surface area contributed by atoms with E-state index in [0.717, 1.165) is 25.7 Å². The van der Waals surface area contributed by atoms with Crippen molar-refractivity contribution in [3.05, 3.63) is 0 Å². The number of esters is 2. The molecule has 2 saturated heterocycles. The van der Waals surface area contributed by atoms with E-state index in [1.165, 1.54) is 0 Å². The summed E-state index contributed by atoms with van der Waals surface area (Å²) >= 11 is 0. The largest absolute Gasteiger partial charge is 0.462 e. The topological polar surface area (TPSA) is 52.6 Å². The van der Waals surface area contributed by atoms with E-state index in [-0.39, 0.29) is 35.3 Å². The molecular weight excluding hydrogens is 256 g/mol. The van der Waals surface area contributed by atoms with Gasteiger partial charge in [0.2, 0.25) is 0 Å². The Hall–Kier alpha value is -1.06. The Morgan fingerprint density at radius 2 is 2.15 bits per heavy atom. The number of rotatable bonds is 3. The van der Waals surface area contributed by atoms with Crippen molar-refractivity contribution in [2.24, 2.45) is 17.3 Å². The highest BCUT2D eigenvalue weighted by atomic mass is 16.6. The molecule has 4 bridgehead atoms. The van der Waals surface area contributed by atoms with Crippen LogP contribution in [0.1, 0.15) is 59.3 Å². The monoisotopic (exact) mass is 280 g/mol. The van der Waals surface area contributed by atoms with Crippen molar-refractivity contribution >= 4 is 11.9 Å². The summed E-state index contributed by atoms with van der Waals surface area (Å²) in [5.41, 5.74) is -0.388. The highest BCUT2D eigenvalue weighted by Gasteiger charge is 2.59. The van der Waals surface area contributed by atoms with Gasteiger partial charge in [0.05, 0.1) is 11.8 Å². The molecule has 5 atom stereocenters. The van der Waals surface area contributed by atoms with Gasteiger partial charge in [-0.25, -0.2) is 0 Å². The van der Waals surface area contributed by atoms with Crippen molar-refractivity contribution in [1.82, 2.24) is 0 Å². The first-order chi connectivity index (χ1) is 9.35. The minimum atomic E-state index is -0.465. The predicted octanol–water partition coefficient (Wildman–Crippen LogP) is 2.84. The summed E-state index contributed by atoms with van der Waals surface area (Å²) in [5, 5.41) is 0. The maximum atomic E-state index is 12.2. The van der Waals surface area contributed by atoms with E-state index in [1.54, 1.807) is 0 Å². The molecule has 4 rings (SSSR count). The van der Waals surface area contributed by atoms with E-state index >= 15 is 0 Å². The second-order valence-electron chi connectivity index (χ2n) is 7.47. The minimum absolute atomic E-state index is 0.0708. The summed E-state index contributed by atoms with van der Waals surface area (Å²) in [6, 6.07) is 0. The molecule has 2 aliphatic heterocycles. The van der Waals surface area contributed by atoms with Crippen molar-refractivity contribution in [2.45, 2.75) is 71.0 Å². The lowest BCUT2D eigenvalue weighted by Crippen LogP contribution is -2.52. The van der Waals surface area contributed by atoms with Crippen molar-refractivity contribution in [2.75, 3.05) is 0 Å². The lowest BCUT2D eigenvalue weighted by atomic mass is 9.58. The van der Waals surface area contributed by atoms with E-state index in [1.807, 2.05) is 13.8 Å². The fourth-order valence-electron chi connectivity index (χ4n) is 4.50. The molecule has 0 aromatic rings. The Morgan fingerprint density at radius 3 is 2.85 bits per heavy atom. The first-order valence-electron chi connectivity index (χ1n) is 7.78. The maximum Gasteiger partial charge on any atom is 0.309 e. The van der Waals surface area contributed by atoms with Crippen LogP contribution >= 0.6 is 0 Å².